The third kappa shape index (κ3) is 3.76. The molecule has 1 N–H and O–H groups in total. The van der Waals surface area contributed by atoms with Gasteiger partial charge in [0.25, 0.3) is 0 Å². The summed E-state index contributed by atoms with van der Waals surface area (Å²) in [6, 6.07) is 2.23. The van der Waals surface area contributed by atoms with Gasteiger partial charge in [-0.3, -0.25) is 0 Å². The first kappa shape index (κ1) is 18.0. The van der Waals surface area contributed by atoms with Crippen LogP contribution < -0.4 is 14.8 Å². The summed E-state index contributed by atoms with van der Waals surface area (Å²) >= 11 is 0. The first-order chi connectivity index (χ1) is 10.9. The van der Waals surface area contributed by atoms with Crippen molar-refractivity contribution in [2.45, 2.75) is 17.7 Å². The Hall–Kier alpha value is -1.38. The summed E-state index contributed by atoms with van der Waals surface area (Å²) in [4.78, 5) is -0.375. The van der Waals surface area contributed by atoms with Crippen molar-refractivity contribution in [1.82, 2.24) is 9.62 Å². The highest BCUT2D eigenvalue weighted by Crippen LogP contribution is 2.34. The summed E-state index contributed by atoms with van der Waals surface area (Å²) < 4.78 is 51.3. The van der Waals surface area contributed by atoms with Crippen molar-refractivity contribution in [2.75, 3.05) is 40.9 Å². The summed E-state index contributed by atoms with van der Waals surface area (Å²) in [6.45, 7) is 1.52. The van der Waals surface area contributed by atoms with E-state index in [1.165, 1.54) is 24.6 Å². The molecule has 1 unspecified atom stereocenters. The highest BCUT2D eigenvalue weighted by Gasteiger charge is 2.33. The summed E-state index contributed by atoms with van der Waals surface area (Å²) in [7, 11) is 0.687. The van der Waals surface area contributed by atoms with E-state index in [1.54, 1.807) is 0 Å². The van der Waals surface area contributed by atoms with Crippen molar-refractivity contribution in [3.8, 4) is 11.5 Å². The first-order valence-corrected chi connectivity index (χ1v) is 8.94. The van der Waals surface area contributed by atoms with Gasteiger partial charge in [-0.05, 0) is 32.4 Å². The van der Waals surface area contributed by atoms with E-state index in [4.69, 9.17) is 9.47 Å². The van der Waals surface area contributed by atoms with E-state index < -0.39 is 15.8 Å². The Labute approximate surface area is 136 Å². The topological polar surface area (TPSA) is 67.9 Å². The quantitative estimate of drug-likeness (QED) is 0.845. The molecule has 0 bridgehead atoms. The molecule has 8 heteroatoms. The van der Waals surface area contributed by atoms with E-state index in [-0.39, 0.29) is 22.3 Å². The average Bonchev–Trinajstić information content (AvgIpc) is 2.54. The van der Waals surface area contributed by atoms with Crippen LogP contribution >= 0.6 is 0 Å². The predicted octanol–water partition coefficient (Wildman–Crippen LogP) is 1.46. The average molecular weight is 346 g/mol. The van der Waals surface area contributed by atoms with Crippen LogP contribution in [0.1, 0.15) is 12.8 Å². The summed E-state index contributed by atoms with van der Waals surface area (Å²) in [5, 5.41) is 3.06. The van der Waals surface area contributed by atoms with Gasteiger partial charge < -0.3 is 14.8 Å². The maximum atomic E-state index is 14.3. The van der Waals surface area contributed by atoms with E-state index in [2.05, 4.69) is 5.32 Å². The van der Waals surface area contributed by atoms with E-state index in [0.717, 1.165) is 25.5 Å². The molecule has 0 amide bonds. The van der Waals surface area contributed by atoms with Crippen LogP contribution in [0.5, 0.6) is 11.5 Å². The third-order valence-electron chi connectivity index (χ3n) is 4.03. The Balaban J connectivity index is 2.35. The molecule has 130 valence electrons. The molecule has 1 saturated heterocycles. The smallest absolute Gasteiger partial charge is 0.246 e. The zero-order chi connectivity index (χ0) is 17.0. The summed E-state index contributed by atoms with van der Waals surface area (Å²) in [6.07, 6.45) is 1.72. The Morgan fingerprint density at radius 1 is 1.30 bits per heavy atom. The van der Waals surface area contributed by atoms with Gasteiger partial charge in [-0.15, -0.1) is 0 Å². The normalized spacial score (nSPS) is 19.6. The van der Waals surface area contributed by atoms with Crippen LogP contribution in [0.4, 0.5) is 4.39 Å². The second-order valence-electron chi connectivity index (χ2n) is 5.57. The SMILES string of the molecule is CNCC1CCCN(S(=O)(=O)c2cc(OC)c(OC)cc2F)C1. The number of benzene rings is 1. The predicted molar refractivity (Wildman–Crippen MR) is 84.9 cm³/mol. The molecule has 1 atom stereocenters. The van der Waals surface area contributed by atoms with Gasteiger partial charge in [0.05, 0.1) is 14.2 Å². The number of rotatable bonds is 6. The van der Waals surface area contributed by atoms with Gasteiger partial charge in [-0.25, -0.2) is 12.8 Å². The maximum Gasteiger partial charge on any atom is 0.246 e. The molecule has 1 fully saturated rings. The molecule has 1 aromatic carbocycles. The highest BCUT2D eigenvalue weighted by atomic mass is 32.2. The molecule has 1 aliphatic rings. The van der Waals surface area contributed by atoms with Crippen LogP contribution in [-0.4, -0.2) is 53.6 Å². The summed E-state index contributed by atoms with van der Waals surface area (Å²) in [5.74, 6) is -0.253. The van der Waals surface area contributed by atoms with E-state index >= 15 is 0 Å². The van der Waals surface area contributed by atoms with Crippen molar-refractivity contribution in [2.24, 2.45) is 5.92 Å². The largest absolute Gasteiger partial charge is 0.493 e. The number of methoxy groups -OCH3 is 2. The highest BCUT2D eigenvalue weighted by molar-refractivity contribution is 7.89. The Kier molecular flexibility index (Phi) is 5.83. The van der Waals surface area contributed by atoms with Crippen LogP contribution in [0, 0.1) is 11.7 Å². The number of halogens is 1. The molecule has 2 rings (SSSR count). The number of hydrogen-bond donors (Lipinski definition) is 1. The van der Waals surface area contributed by atoms with E-state index in [0.29, 0.717) is 13.1 Å². The lowest BCUT2D eigenvalue weighted by Crippen LogP contribution is -2.42. The number of sulfonamides is 1. The van der Waals surface area contributed by atoms with Gasteiger partial charge in [-0.1, -0.05) is 0 Å². The number of piperidine rings is 1. The van der Waals surface area contributed by atoms with Crippen molar-refractivity contribution in [3.05, 3.63) is 17.9 Å². The van der Waals surface area contributed by atoms with Gasteiger partial charge >= 0.3 is 0 Å². The minimum atomic E-state index is -3.91. The van der Waals surface area contributed by atoms with E-state index in [9.17, 15) is 12.8 Å². The minimum absolute atomic E-state index is 0.163. The first-order valence-electron chi connectivity index (χ1n) is 7.50. The van der Waals surface area contributed by atoms with Crippen LogP contribution in [0.25, 0.3) is 0 Å². The van der Waals surface area contributed by atoms with Crippen LogP contribution in [0.2, 0.25) is 0 Å². The van der Waals surface area contributed by atoms with Crippen molar-refractivity contribution < 1.29 is 22.3 Å². The van der Waals surface area contributed by atoms with Crippen LogP contribution in [0.15, 0.2) is 17.0 Å². The third-order valence-corrected chi connectivity index (χ3v) is 5.91. The van der Waals surface area contributed by atoms with Crippen molar-refractivity contribution in [3.63, 3.8) is 0 Å². The number of nitrogens with one attached hydrogen (secondary N) is 1. The van der Waals surface area contributed by atoms with Gasteiger partial charge in [-0.2, -0.15) is 4.31 Å². The molecule has 6 nitrogen and oxygen atoms in total. The fourth-order valence-electron chi connectivity index (χ4n) is 2.87. The Morgan fingerprint density at radius 3 is 2.57 bits per heavy atom. The van der Waals surface area contributed by atoms with Gasteiger partial charge in [0.1, 0.15) is 10.7 Å². The summed E-state index contributed by atoms with van der Waals surface area (Å²) in [5.41, 5.74) is 0. The fraction of sp³-hybridized carbons (Fsp3) is 0.600. The molecule has 0 radical (unpaired) electrons. The van der Waals surface area contributed by atoms with Crippen LogP contribution in [0.3, 0.4) is 0 Å². The van der Waals surface area contributed by atoms with Crippen molar-refractivity contribution >= 4 is 10.0 Å². The number of ether oxygens (including phenoxy) is 2. The molecule has 0 spiro atoms. The molecule has 0 aliphatic carbocycles. The monoisotopic (exact) mass is 346 g/mol. The lowest BCUT2D eigenvalue weighted by atomic mass is 10.00. The Morgan fingerprint density at radius 2 is 1.96 bits per heavy atom. The number of hydrogen-bond acceptors (Lipinski definition) is 5. The lowest BCUT2D eigenvalue weighted by molar-refractivity contribution is 0.262. The maximum absolute atomic E-state index is 14.3. The molecular weight excluding hydrogens is 323 g/mol. The van der Waals surface area contributed by atoms with Gasteiger partial charge in [0.2, 0.25) is 10.0 Å². The van der Waals surface area contributed by atoms with Crippen LogP contribution in [-0.2, 0) is 10.0 Å². The second-order valence-corrected chi connectivity index (χ2v) is 7.47. The molecule has 1 aliphatic heterocycles. The van der Waals surface area contributed by atoms with Crippen molar-refractivity contribution in [1.29, 1.82) is 0 Å². The molecule has 0 aromatic heterocycles. The van der Waals surface area contributed by atoms with Gasteiger partial charge in [0.15, 0.2) is 11.5 Å². The van der Waals surface area contributed by atoms with Gasteiger partial charge in [0, 0.05) is 25.2 Å². The minimum Gasteiger partial charge on any atom is -0.493 e. The zero-order valence-corrected chi connectivity index (χ0v) is 14.5. The Bertz CT molecular complexity index is 649. The molecule has 23 heavy (non-hydrogen) atoms. The number of nitrogens with zero attached hydrogens (tertiary/aromatic N) is 1. The van der Waals surface area contributed by atoms with E-state index in [1.807, 2.05) is 7.05 Å². The lowest BCUT2D eigenvalue weighted by Gasteiger charge is -2.32. The molecule has 1 aromatic rings. The molecule has 0 saturated carbocycles. The standard InChI is InChI=1S/C15H23FN2O4S/c1-17-9-11-5-4-6-18(10-11)23(19,20)15-8-14(22-3)13(21-2)7-12(15)16/h7-8,11,17H,4-6,9-10H2,1-3H3. The molecular formula is C15H23FN2O4S. The zero-order valence-electron chi connectivity index (χ0n) is 13.6. The fourth-order valence-corrected chi connectivity index (χ4v) is 4.49. The molecule has 1 heterocycles. The second kappa shape index (κ2) is 7.46.